The van der Waals surface area contributed by atoms with E-state index < -0.39 is 17.9 Å². The maximum absolute atomic E-state index is 12.7. The lowest BCUT2D eigenvalue weighted by Crippen LogP contribution is -2.15. The Labute approximate surface area is 135 Å². The summed E-state index contributed by atoms with van der Waals surface area (Å²) in [5.74, 6) is -1.91. The Morgan fingerprint density at radius 2 is 2.09 bits per heavy atom. The quantitative estimate of drug-likeness (QED) is 0.759. The van der Waals surface area contributed by atoms with Crippen LogP contribution in [0.2, 0.25) is 5.02 Å². The summed E-state index contributed by atoms with van der Waals surface area (Å²) >= 11 is 6.53. The number of hydrogen-bond donors (Lipinski definition) is 1. The van der Waals surface area contributed by atoms with Crippen LogP contribution in [0.5, 0.6) is 0 Å². The number of aromatic nitrogens is 4. The highest BCUT2D eigenvalue weighted by Crippen LogP contribution is 2.29. The molecule has 3 aromatic rings. The summed E-state index contributed by atoms with van der Waals surface area (Å²) in [5, 5.41) is 13.0. The molecule has 0 atom stereocenters. The smallest absolute Gasteiger partial charge is 0.320 e. The van der Waals surface area contributed by atoms with E-state index in [1.165, 1.54) is 0 Å². The molecule has 11 heteroatoms. The number of carbonyl (C=O) groups excluding carboxylic acids is 1. The van der Waals surface area contributed by atoms with Crippen LogP contribution in [-0.2, 0) is 6.18 Å². The number of rotatable bonds is 2. The molecule has 1 N–H and O–H groups in total. The minimum absolute atomic E-state index is 0.115. The molecule has 3 rings (SSSR count). The molecule has 0 bridgehead atoms. The number of anilines is 1. The van der Waals surface area contributed by atoms with Gasteiger partial charge in [0.25, 0.3) is 11.7 Å². The lowest BCUT2D eigenvalue weighted by Gasteiger charge is -2.06. The monoisotopic (exact) mass is 361 g/mol. The number of nitrogens with zero attached hydrogens (tertiary/aromatic N) is 4. The second-order valence-electron chi connectivity index (χ2n) is 4.54. The average molecular weight is 362 g/mol. The summed E-state index contributed by atoms with van der Waals surface area (Å²) in [6.07, 6.45) is -4.70. The van der Waals surface area contributed by atoms with E-state index in [0.717, 1.165) is 0 Å². The van der Waals surface area contributed by atoms with Gasteiger partial charge in [0.1, 0.15) is 0 Å². The summed E-state index contributed by atoms with van der Waals surface area (Å²) in [7, 11) is 0. The number of alkyl halides is 3. The molecule has 6 nitrogen and oxygen atoms in total. The van der Waals surface area contributed by atoms with Gasteiger partial charge in [0.15, 0.2) is 0 Å². The number of carbonyl (C=O) groups is 1. The second kappa shape index (κ2) is 5.46. The summed E-state index contributed by atoms with van der Waals surface area (Å²) in [5.41, 5.74) is 1.20. The first kappa shape index (κ1) is 15.7. The number of hydrogen-bond acceptors (Lipinski definition) is 5. The van der Waals surface area contributed by atoms with Crippen molar-refractivity contribution < 1.29 is 18.0 Å². The molecule has 0 unspecified atom stereocenters. The number of fused-ring (bicyclic) bond motifs is 1. The van der Waals surface area contributed by atoms with Crippen LogP contribution in [0.4, 0.5) is 18.9 Å². The van der Waals surface area contributed by atoms with Gasteiger partial charge in [-0.2, -0.15) is 17.7 Å². The number of halogens is 4. The van der Waals surface area contributed by atoms with Crippen molar-refractivity contribution in [2.45, 2.75) is 13.1 Å². The third kappa shape index (κ3) is 2.99. The van der Waals surface area contributed by atoms with Gasteiger partial charge in [-0.1, -0.05) is 22.9 Å². The average Bonchev–Trinajstić information content (AvgIpc) is 3.00. The zero-order valence-electron chi connectivity index (χ0n) is 11.3. The standard InChI is InChI=1S/C12H7ClF3N5OS/c1-5-4-6(13)2-3-7(5)17-8(22)9-20-21-10(12(14,15)16)18-19-11(21)23-9/h2-4H,1H3,(H,17,22). The van der Waals surface area contributed by atoms with Crippen LogP contribution in [0.1, 0.15) is 21.2 Å². The van der Waals surface area contributed by atoms with Crippen LogP contribution >= 0.6 is 22.9 Å². The molecule has 120 valence electrons. The van der Waals surface area contributed by atoms with Crippen LogP contribution in [0.25, 0.3) is 4.96 Å². The first-order valence-corrected chi connectivity index (χ1v) is 7.32. The first-order valence-electron chi connectivity index (χ1n) is 6.12. The van der Waals surface area contributed by atoms with Crippen molar-refractivity contribution in [3.8, 4) is 0 Å². The highest BCUT2D eigenvalue weighted by atomic mass is 35.5. The Hall–Kier alpha value is -2.20. The van der Waals surface area contributed by atoms with E-state index in [2.05, 4.69) is 20.6 Å². The van der Waals surface area contributed by atoms with E-state index in [4.69, 9.17) is 11.6 Å². The molecular formula is C12H7ClF3N5OS. The van der Waals surface area contributed by atoms with E-state index >= 15 is 0 Å². The molecule has 0 aliphatic heterocycles. The third-order valence-corrected chi connectivity index (χ3v) is 4.01. The zero-order chi connectivity index (χ0) is 16.8. The van der Waals surface area contributed by atoms with Crippen LogP contribution in [0, 0.1) is 6.92 Å². The van der Waals surface area contributed by atoms with Gasteiger partial charge < -0.3 is 5.32 Å². The maximum Gasteiger partial charge on any atom is 0.453 e. The molecule has 0 fully saturated rings. The van der Waals surface area contributed by atoms with E-state index in [1.54, 1.807) is 25.1 Å². The lowest BCUT2D eigenvalue weighted by molar-refractivity contribution is -0.146. The number of benzene rings is 1. The highest BCUT2D eigenvalue weighted by molar-refractivity contribution is 7.18. The zero-order valence-corrected chi connectivity index (χ0v) is 12.9. The molecule has 23 heavy (non-hydrogen) atoms. The fourth-order valence-corrected chi connectivity index (χ4v) is 2.79. The van der Waals surface area contributed by atoms with E-state index in [9.17, 15) is 18.0 Å². The number of nitrogens with one attached hydrogen (secondary N) is 1. The molecule has 0 saturated heterocycles. The van der Waals surface area contributed by atoms with Crippen LogP contribution in [0.3, 0.4) is 0 Å². The van der Waals surface area contributed by atoms with Crippen molar-refractivity contribution in [2.24, 2.45) is 0 Å². The molecular weight excluding hydrogens is 355 g/mol. The lowest BCUT2D eigenvalue weighted by atomic mass is 10.2. The Bertz CT molecular complexity index is 904. The summed E-state index contributed by atoms with van der Waals surface area (Å²) in [4.78, 5) is 12.0. The molecule has 0 radical (unpaired) electrons. The molecule has 1 aromatic carbocycles. The normalized spacial score (nSPS) is 11.9. The number of amides is 1. The van der Waals surface area contributed by atoms with Crippen molar-refractivity contribution in [3.63, 3.8) is 0 Å². The first-order chi connectivity index (χ1) is 10.8. The second-order valence-corrected chi connectivity index (χ2v) is 5.93. The van der Waals surface area contributed by atoms with Crippen molar-refractivity contribution in [1.82, 2.24) is 19.8 Å². The molecule has 2 aromatic heterocycles. The van der Waals surface area contributed by atoms with Crippen molar-refractivity contribution in [1.29, 1.82) is 0 Å². The van der Waals surface area contributed by atoms with Gasteiger partial charge in [-0.25, -0.2) is 0 Å². The van der Waals surface area contributed by atoms with Gasteiger partial charge in [-0.05, 0) is 30.7 Å². The fourth-order valence-electron chi connectivity index (χ4n) is 1.83. The molecule has 2 heterocycles. The maximum atomic E-state index is 12.7. The van der Waals surface area contributed by atoms with Gasteiger partial charge in [-0.15, -0.1) is 15.3 Å². The minimum atomic E-state index is -4.70. The predicted molar refractivity (Wildman–Crippen MR) is 77.8 cm³/mol. The SMILES string of the molecule is Cc1cc(Cl)ccc1NC(=O)c1nn2c(C(F)(F)F)nnc2s1. The Morgan fingerprint density at radius 3 is 2.74 bits per heavy atom. The van der Waals surface area contributed by atoms with Crippen LogP contribution in [0.15, 0.2) is 18.2 Å². The highest BCUT2D eigenvalue weighted by Gasteiger charge is 2.38. The summed E-state index contributed by atoms with van der Waals surface area (Å²) in [6, 6.07) is 4.83. The Balaban J connectivity index is 1.91. The van der Waals surface area contributed by atoms with Gasteiger partial charge in [-0.3, -0.25) is 4.79 Å². The topological polar surface area (TPSA) is 72.2 Å². The van der Waals surface area contributed by atoms with Gasteiger partial charge in [0.05, 0.1) is 0 Å². The van der Waals surface area contributed by atoms with E-state index in [-0.39, 0.29) is 9.97 Å². The Kier molecular flexibility index (Phi) is 3.72. The van der Waals surface area contributed by atoms with Crippen molar-refractivity contribution >= 4 is 39.5 Å². The molecule has 0 aliphatic carbocycles. The van der Waals surface area contributed by atoms with Crippen molar-refractivity contribution in [3.05, 3.63) is 39.6 Å². The summed E-state index contributed by atoms with van der Waals surface area (Å²) < 4.78 is 38.7. The minimum Gasteiger partial charge on any atom is -0.320 e. The molecule has 0 spiro atoms. The summed E-state index contributed by atoms with van der Waals surface area (Å²) in [6.45, 7) is 1.74. The number of aryl methyl sites for hydroxylation is 1. The third-order valence-electron chi connectivity index (χ3n) is 2.88. The van der Waals surface area contributed by atoms with Gasteiger partial charge >= 0.3 is 6.18 Å². The molecule has 0 saturated carbocycles. The molecule has 0 aliphatic rings. The molecule has 1 amide bonds. The van der Waals surface area contributed by atoms with Crippen molar-refractivity contribution in [2.75, 3.05) is 5.32 Å². The van der Waals surface area contributed by atoms with Crippen LogP contribution < -0.4 is 5.32 Å². The van der Waals surface area contributed by atoms with Crippen LogP contribution in [-0.4, -0.2) is 25.7 Å². The van der Waals surface area contributed by atoms with E-state index in [0.29, 0.717) is 32.1 Å². The predicted octanol–water partition coefficient (Wildman–Crippen LogP) is 3.42. The Morgan fingerprint density at radius 1 is 1.35 bits per heavy atom. The van der Waals surface area contributed by atoms with Gasteiger partial charge in [0.2, 0.25) is 9.97 Å². The largest absolute Gasteiger partial charge is 0.453 e. The van der Waals surface area contributed by atoms with E-state index in [1.807, 2.05) is 0 Å². The fraction of sp³-hybridized carbons (Fsp3) is 0.167. The van der Waals surface area contributed by atoms with Gasteiger partial charge in [0, 0.05) is 10.7 Å².